The van der Waals surface area contributed by atoms with Gasteiger partial charge in [-0.25, -0.2) is 4.99 Å². The molecular weight excluding hydrogens is 348 g/mol. The van der Waals surface area contributed by atoms with Crippen molar-refractivity contribution in [2.45, 2.75) is 25.7 Å². The quantitative estimate of drug-likeness (QED) is 0.727. The van der Waals surface area contributed by atoms with Crippen molar-refractivity contribution in [1.82, 2.24) is 0 Å². The van der Waals surface area contributed by atoms with Crippen LogP contribution in [0.2, 0.25) is 0 Å². The SMILES string of the molecule is CCOC1(OCC)N=C(N)C2(C#N)C(c3ccc(OC)cc3OC)C12C#N. The van der Waals surface area contributed by atoms with E-state index in [0.29, 0.717) is 17.1 Å². The van der Waals surface area contributed by atoms with E-state index in [0.717, 1.165) is 0 Å². The fraction of sp³-hybridized carbons (Fsp3) is 0.526. The van der Waals surface area contributed by atoms with E-state index in [4.69, 9.17) is 24.7 Å². The predicted octanol–water partition coefficient (Wildman–Crippen LogP) is 1.92. The second kappa shape index (κ2) is 6.41. The highest BCUT2D eigenvalue weighted by Gasteiger charge is 2.94. The molecule has 1 aromatic carbocycles. The average molecular weight is 370 g/mol. The number of benzene rings is 1. The zero-order valence-electron chi connectivity index (χ0n) is 15.8. The normalized spacial score (nSPS) is 29.9. The molecule has 8 nitrogen and oxygen atoms in total. The van der Waals surface area contributed by atoms with Gasteiger partial charge >= 0.3 is 0 Å². The van der Waals surface area contributed by atoms with Crippen molar-refractivity contribution in [3.05, 3.63) is 23.8 Å². The number of nitrogens with two attached hydrogens (primary N) is 1. The summed E-state index contributed by atoms with van der Waals surface area (Å²) in [5, 5.41) is 20.3. The minimum Gasteiger partial charge on any atom is -0.497 e. The summed E-state index contributed by atoms with van der Waals surface area (Å²) in [5.41, 5.74) is 4.08. The van der Waals surface area contributed by atoms with E-state index in [1.54, 1.807) is 39.2 Å². The third kappa shape index (κ3) is 2.05. The zero-order chi connectivity index (χ0) is 19.9. The van der Waals surface area contributed by atoms with Gasteiger partial charge in [0.25, 0.3) is 5.91 Å². The first kappa shape index (κ1) is 19.0. The van der Waals surface area contributed by atoms with Gasteiger partial charge in [0.2, 0.25) is 0 Å². The number of hydrogen-bond donors (Lipinski definition) is 1. The first-order chi connectivity index (χ1) is 13.0. The van der Waals surface area contributed by atoms with Crippen LogP contribution < -0.4 is 15.2 Å². The Morgan fingerprint density at radius 2 is 1.78 bits per heavy atom. The van der Waals surface area contributed by atoms with Gasteiger partial charge in [-0.2, -0.15) is 10.5 Å². The summed E-state index contributed by atoms with van der Waals surface area (Å²) >= 11 is 0. The van der Waals surface area contributed by atoms with E-state index >= 15 is 0 Å². The maximum atomic E-state index is 10.2. The molecule has 27 heavy (non-hydrogen) atoms. The Balaban J connectivity index is 2.24. The summed E-state index contributed by atoms with van der Waals surface area (Å²) in [6.45, 7) is 4.03. The van der Waals surface area contributed by atoms with Crippen molar-refractivity contribution in [1.29, 1.82) is 10.5 Å². The van der Waals surface area contributed by atoms with Crippen LogP contribution >= 0.6 is 0 Å². The summed E-state index contributed by atoms with van der Waals surface area (Å²) in [7, 11) is 3.07. The molecule has 3 unspecified atom stereocenters. The second-order valence-corrected chi connectivity index (χ2v) is 6.33. The van der Waals surface area contributed by atoms with Crippen LogP contribution in [0.1, 0.15) is 25.3 Å². The molecule has 3 rings (SSSR count). The van der Waals surface area contributed by atoms with Crippen LogP contribution in [0.3, 0.4) is 0 Å². The highest BCUT2D eigenvalue weighted by atomic mass is 16.7. The van der Waals surface area contributed by atoms with Crippen LogP contribution in [-0.4, -0.2) is 39.2 Å². The van der Waals surface area contributed by atoms with E-state index < -0.39 is 22.7 Å². The van der Waals surface area contributed by atoms with Gasteiger partial charge in [-0.15, -0.1) is 0 Å². The predicted molar refractivity (Wildman–Crippen MR) is 96.0 cm³/mol. The van der Waals surface area contributed by atoms with Crippen LogP contribution in [0, 0.1) is 33.5 Å². The van der Waals surface area contributed by atoms with Crippen LogP contribution in [0.5, 0.6) is 11.5 Å². The molecule has 1 aliphatic heterocycles. The van der Waals surface area contributed by atoms with Crippen molar-refractivity contribution in [2.24, 2.45) is 21.6 Å². The average Bonchev–Trinajstić information content (AvgIpc) is 3.26. The number of aliphatic imine (C=N–C) groups is 1. The Morgan fingerprint density at radius 3 is 2.26 bits per heavy atom. The van der Waals surface area contributed by atoms with Crippen molar-refractivity contribution in [3.8, 4) is 23.6 Å². The van der Waals surface area contributed by atoms with Gasteiger partial charge in [0.1, 0.15) is 22.7 Å². The highest BCUT2D eigenvalue weighted by Crippen LogP contribution is 2.82. The molecule has 1 saturated carbocycles. The molecule has 1 aliphatic carbocycles. The van der Waals surface area contributed by atoms with Crippen molar-refractivity contribution in [2.75, 3.05) is 27.4 Å². The minimum absolute atomic E-state index is 0.0383. The lowest BCUT2D eigenvalue weighted by Crippen LogP contribution is -2.43. The van der Waals surface area contributed by atoms with Crippen molar-refractivity contribution in [3.63, 3.8) is 0 Å². The van der Waals surface area contributed by atoms with Crippen LogP contribution in [-0.2, 0) is 9.47 Å². The molecule has 0 saturated heterocycles. The molecule has 3 atom stereocenters. The molecule has 0 spiro atoms. The van der Waals surface area contributed by atoms with Crippen LogP contribution in [0.15, 0.2) is 23.2 Å². The summed E-state index contributed by atoms with van der Waals surface area (Å²) in [6.07, 6.45) is 0. The van der Waals surface area contributed by atoms with Crippen molar-refractivity contribution >= 4 is 5.84 Å². The molecule has 0 radical (unpaired) electrons. The summed E-state index contributed by atoms with van der Waals surface area (Å²) in [5.74, 6) is -1.12. The van der Waals surface area contributed by atoms with Crippen LogP contribution in [0.25, 0.3) is 0 Å². The summed E-state index contributed by atoms with van der Waals surface area (Å²) in [6, 6.07) is 9.73. The Hall–Kier alpha value is -2.81. The summed E-state index contributed by atoms with van der Waals surface area (Å²) in [4.78, 5) is 4.32. The monoisotopic (exact) mass is 370 g/mol. The van der Waals surface area contributed by atoms with Gasteiger partial charge in [0, 0.05) is 30.8 Å². The lowest BCUT2D eigenvalue weighted by atomic mass is 9.93. The van der Waals surface area contributed by atoms with Crippen LogP contribution in [0.4, 0.5) is 0 Å². The van der Waals surface area contributed by atoms with Gasteiger partial charge in [0.05, 0.1) is 26.4 Å². The van der Waals surface area contributed by atoms with E-state index in [1.165, 1.54) is 7.11 Å². The zero-order valence-corrected chi connectivity index (χ0v) is 15.8. The number of methoxy groups -OCH3 is 2. The molecule has 0 amide bonds. The molecule has 1 aromatic rings. The fourth-order valence-corrected chi connectivity index (χ4v) is 4.27. The molecule has 0 aromatic heterocycles. The Bertz CT molecular complexity index is 865. The van der Waals surface area contributed by atoms with Gasteiger partial charge in [-0.05, 0) is 19.9 Å². The highest BCUT2D eigenvalue weighted by molar-refractivity contribution is 6.00. The lowest BCUT2D eigenvalue weighted by Gasteiger charge is -2.31. The van der Waals surface area contributed by atoms with Crippen molar-refractivity contribution < 1.29 is 18.9 Å². The number of hydrogen-bond acceptors (Lipinski definition) is 8. The van der Waals surface area contributed by atoms with E-state index in [2.05, 4.69) is 17.1 Å². The third-order valence-electron chi connectivity index (χ3n) is 5.36. The molecule has 8 heteroatoms. The number of nitriles is 2. The molecule has 0 bridgehead atoms. The second-order valence-electron chi connectivity index (χ2n) is 6.33. The Morgan fingerprint density at radius 1 is 1.11 bits per heavy atom. The third-order valence-corrected chi connectivity index (χ3v) is 5.36. The molecular formula is C19H22N4O4. The smallest absolute Gasteiger partial charge is 0.293 e. The number of amidine groups is 1. The number of rotatable bonds is 7. The number of fused-ring (bicyclic) bond motifs is 1. The molecule has 2 N–H and O–H groups in total. The largest absolute Gasteiger partial charge is 0.497 e. The maximum absolute atomic E-state index is 10.2. The van der Waals surface area contributed by atoms with Gasteiger partial charge in [0.15, 0.2) is 5.41 Å². The van der Waals surface area contributed by atoms with Gasteiger partial charge < -0.3 is 24.7 Å². The van der Waals surface area contributed by atoms with Gasteiger partial charge in [-0.1, -0.05) is 6.07 Å². The molecule has 1 fully saturated rings. The fourth-order valence-electron chi connectivity index (χ4n) is 4.27. The Kier molecular flexibility index (Phi) is 4.51. The molecule has 142 valence electrons. The van der Waals surface area contributed by atoms with E-state index in [1.807, 2.05) is 0 Å². The molecule has 2 aliphatic rings. The number of nitrogens with zero attached hydrogens (tertiary/aromatic N) is 3. The summed E-state index contributed by atoms with van der Waals surface area (Å²) < 4.78 is 22.4. The maximum Gasteiger partial charge on any atom is 0.293 e. The topological polar surface area (TPSA) is 123 Å². The van der Waals surface area contributed by atoms with E-state index in [9.17, 15) is 10.5 Å². The van der Waals surface area contributed by atoms with Gasteiger partial charge in [-0.3, -0.25) is 0 Å². The number of ether oxygens (including phenoxy) is 4. The lowest BCUT2D eigenvalue weighted by molar-refractivity contribution is -0.255. The Labute approximate surface area is 158 Å². The first-order valence-corrected chi connectivity index (χ1v) is 8.66. The van der Waals surface area contributed by atoms with E-state index in [-0.39, 0.29) is 19.0 Å². The standard InChI is InChI=1S/C19H22N4O4/c1-5-26-19(27-6-2)18(11-21)15(17(18,10-20)16(22)23-19)13-8-7-12(24-3)9-14(13)25-4/h7-9,15H,5-6H2,1-4H3,(H2,22,23). The first-order valence-electron chi connectivity index (χ1n) is 8.66. The minimum atomic E-state index is -1.64. The molecule has 1 heterocycles.